The first-order valence-electron chi connectivity index (χ1n) is 6.38. The van der Waals surface area contributed by atoms with E-state index in [9.17, 15) is 5.11 Å². The lowest BCUT2D eigenvalue weighted by Gasteiger charge is -2.20. The number of hydrogen-bond donors (Lipinski definition) is 3. The van der Waals surface area contributed by atoms with Gasteiger partial charge in [0.1, 0.15) is 0 Å². The number of aromatic hydroxyl groups is 1. The molecule has 0 bridgehead atoms. The summed E-state index contributed by atoms with van der Waals surface area (Å²) in [7, 11) is 1.52. The quantitative estimate of drug-likeness (QED) is 0.698. The van der Waals surface area contributed by atoms with Gasteiger partial charge in [-0.05, 0) is 23.6 Å². The zero-order chi connectivity index (χ0) is 14.4. The molecule has 19 heavy (non-hydrogen) atoms. The zero-order valence-corrected chi connectivity index (χ0v) is 12.5. The van der Waals surface area contributed by atoms with Crippen LogP contribution < -0.4 is 15.8 Å². The molecule has 5 heteroatoms. The number of nitrogens with two attached hydrogens (primary N) is 1. The van der Waals surface area contributed by atoms with Crippen molar-refractivity contribution in [2.24, 2.45) is 11.7 Å². The zero-order valence-electron chi connectivity index (χ0n) is 11.6. The molecule has 0 saturated carbocycles. The number of thiocarbonyl (C=S) groups is 1. The third-order valence-electron chi connectivity index (χ3n) is 3.27. The number of hydrogen-bond acceptors (Lipinski definition) is 4. The summed E-state index contributed by atoms with van der Waals surface area (Å²) in [6, 6.07) is 5.13. The molecular formula is C14H22N2O2S. The first-order chi connectivity index (χ1) is 8.99. The molecule has 1 unspecified atom stereocenters. The predicted octanol–water partition coefficient (Wildman–Crippen LogP) is 2.19. The molecule has 0 spiro atoms. The Balaban J connectivity index is 2.57. The molecule has 2 atom stereocenters. The van der Waals surface area contributed by atoms with Crippen molar-refractivity contribution in [1.29, 1.82) is 0 Å². The molecule has 0 fully saturated rings. The third-order valence-corrected chi connectivity index (χ3v) is 3.69. The molecule has 4 N–H and O–H groups in total. The lowest BCUT2D eigenvalue weighted by molar-refractivity contribution is 0.373. The molecule has 0 saturated heterocycles. The largest absolute Gasteiger partial charge is 0.504 e. The number of rotatable bonds is 6. The minimum absolute atomic E-state index is 0.124. The van der Waals surface area contributed by atoms with E-state index in [1.54, 1.807) is 12.1 Å². The SMILES string of the molecule is CCC(C)[C@H](N)C(=S)NCc1ccc(OC)c(O)c1. The van der Waals surface area contributed by atoms with Crippen molar-refractivity contribution >= 4 is 17.2 Å². The highest BCUT2D eigenvalue weighted by atomic mass is 32.1. The van der Waals surface area contributed by atoms with Gasteiger partial charge in [0.05, 0.1) is 18.1 Å². The molecule has 0 aliphatic carbocycles. The fourth-order valence-corrected chi connectivity index (χ4v) is 1.97. The van der Waals surface area contributed by atoms with E-state index in [1.165, 1.54) is 7.11 Å². The molecule has 0 aliphatic heterocycles. The molecule has 0 heterocycles. The summed E-state index contributed by atoms with van der Waals surface area (Å²) in [6.07, 6.45) is 0.992. The highest BCUT2D eigenvalue weighted by Gasteiger charge is 2.15. The molecule has 0 aromatic heterocycles. The minimum atomic E-state index is -0.133. The number of benzene rings is 1. The Bertz CT molecular complexity index is 437. The van der Waals surface area contributed by atoms with Crippen LogP contribution in [-0.4, -0.2) is 23.2 Å². The number of methoxy groups -OCH3 is 1. The van der Waals surface area contributed by atoms with Crippen molar-refractivity contribution in [3.05, 3.63) is 23.8 Å². The third kappa shape index (κ3) is 4.36. The summed E-state index contributed by atoms with van der Waals surface area (Å²) in [5.74, 6) is 0.936. The Hall–Kier alpha value is -1.33. The first-order valence-corrected chi connectivity index (χ1v) is 6.79. The summed E-state index contributed by atoms with van der Waals surface area (Å²) >= 11 is 5.28. The summed E-state index contributed by atoms with van der Waals surface area (Å²) in [5.41, 5.74) is 6.97. The van der Waals surface area contributed by atoms with Gasteiger partial charge in [0.25, 0.3) is 0 Å². The molecule has 106 valence electrons. The van der Waals surface area contributed by atoms with Crippen LogP contribution in [-0.2, 0) is 6.54 Å². The van der Waals surface area contributed by atoms with Crippen LogP contribution in [0, 0.1) is 5.92 Å². The Kier molecular flexibility index (Phi) is 6.05. The Labute approximate surface area is 120 Å². The molecule has 1 aromatic carbocycles. The summed E-state index contributed by atoms with van der Waals surface area (Å²) < 4.78 is 4.99. The van der Waals surface area contributed by atoms with Crippen molar-refractivity contribution in [2.75, 3.05) is 7.11 Å². The maximum absolute atomic E-state index is 9.68. The van der Waals surface area contributed by atoms with Gasteiger partial charge in [-0.25, -0.2) is 0 Å². The van der Waals surface area contributed by atoms with Crippen molar-refractivity contribution < 1.29 is 9.84 Å². The van der Waals surface area contributed by atoms with Crippen LogP contribution in [0.3, 0.4) is 0 Å². The van der Waals surface area contributed by atoms with E-state index in [4.69, 9.17) is 22.7 Å². The lowest BCUT2D eigenvalue weighted by Crippen LogP contribution is -2.43. The number of ether oxygens (including phenoxy) is 1. The van der Waals surface area contributed by atoms with Gasteiger partial charge in [-0.3, -0.25) is 0 Å². The van der Waals surface area contributed by atoms with Gasteiger partial charge in [0, 0.05) is 6.54 Å². The molecule has 0 amide bonds. The van der Waals surface area contributed by atoms with Crippen molar-refractivity contribution in [3.63, 3.8) is 0 Å². The molecule has 4 nitrogen and oxygen atoms in total. The minimum Gasteiger partial charge on any atom is -0.504 e. The van der Waals surface area contributed by atoms with Crippen molar-refractivity contribution in [1.82, 2.24) is 5.32 Å². The maximum atomic E-state index is 9.68. The molecule has 0 aliphatic rings. The molecule has 0 radical (unpaired) electrons. The Morgan fingerprint density at radius 2 is 2.21 bits per heavy atom. The number of phenolic OH excluding ortho intramolecular Hbond substituents is 1. The highest BCUT2D eigenvalue weighted by molar-refractivity contribution is 7.80. The average Bonchev–Trinajstić information content (AvgIpc) is 2.43. The summed E-state index contributed by atoms with van der Waals surface area (Å²) in [6.45, 7) is 4.72. The normalized spacial score (nSPS) is 13.7. The van der Waals surface area contributed by atoms with Crippen LogP contribution >= 0.6 is 12.2 Å². The van der Waals surface area contributed by atoms with E-state index >= 15 is 0 Å². The van der Waals surface area contributed by atoms with Gasteiger partial charge >= 0.3 is 0 Å². The van der Waals surface area contributed by atoms with Gasteiger partial charge < -0.3 is 20.9 Å². The number of phenols is 1. The average molecular weight is 282 g/mol. The first kappa shape index (κ1) is 15.7. The van der Waals surface area contributed by atoms with Gasteiger partial charge in [0.15, 0.2) is 11.5 Å². The monoisotopic (exact) mass is 282 g/mol. The van der Waals surface area contributed by atoms with E-state index in [2.05, 4.69) is 19.2 Å². The van der Waals surface area contributed by atoms with Crippen LogP contribution in [0.4, 0.5) is 0 Å². The molecular weight excluding hydrogens is 260 g/mol. The second-order valence-electron chi connectivity index (χ2n) is 4.64. The van der Waals surface area contributed by atoms with Crippen LogP contribution in [0.1, 0.15) is 25.8 Å². The summed E-state index contributed by atoms with van der Waals surface area (Å²) in [5, 5.41) is 12.8. The summed E-state index contributed by atoms with van der Waals surface area (Å²) in [4.78, 5) is 0.657. The van der Waals surface area contributed by atoms with Crippen LogP contribution in [0.2, 0.25) is 0 Å². The van der Waals surface area contributed by atoms with E-state index in [-0.39, 0.29) is 11.8 Å². The van der Waals surface area contributed by atoms with Crippen molar-refractivity contribution in [3.8, 4) is 11.5 Å². The molecule has 1 rings (SSSR count). The van der Waals surface area contributed by atoms with E-state index in [1.807, 2.05) is 6.07 Å². The topological polar surface area (TPSA) is 67.5 Å². The van der Waals surface area contributed by atoms with E-state index in [0.29, 0.717) is 23.2 Å². The lowest BCUT2D eigenvalue weighted by atomic mass is 10.00. The van der Waals surface area contributed by atoms with E-state index in [0.717, 1.165) is 12.0 Å². The van der Waals surface area contributed by atoms with E-state index < -0.39 is 0 Å². The van der Waals surface area contributed by atoms with Gasteiger partial charge in [0.2, 0.25) is 0 Å². The van der Waals surface area contributed by atoms with Crippen molar-refractivity contribution in [2.45, 2.75) is 32.9 Å². The smallest absolute Gasteiger partial charge is 0.160 e. The predicted molar refractivity (Wildman–Crippen MR) is 81.5 cm³/mol. The second kappa shape index (κ2) is 7.31. The highest BCUT2D eigenvalue weighted by Crippen LogP contribution is 2.26. The Morgan fingerprint density at radius 1 is 1.53 bits per heavy atom. The maximum Gasteiger partial charge on any atom is 0.160 e. The number of nitrogens with one attached hydrogen (secondary N) is 1. The van der Waals surface area contributed by atoms with Gasteiger partial charge in [-0.2, -0.15) is 0 Å². The fraction of sp³-hybridized carbons (Fsp3) is 0.500. The standard InChI is InChI=1S/C14H22N2O2S/c1-4-9(2)13(15)14(19)16-8-10-5-6-12(18-3)11(17)7-10/h5-7,9,13,17H,4,8,15H2,1-3H3,(H,16,19)/t9?,13-/m0/s1. The van der Waals surface area contributed by atoms with Crippen LogP contribution in [0.5, 0.6) is 11.5 Å². The van der Waals surface area contributed by atoms with Gasteiger partial charge in [-0.15, -0.1) is 0 Å². The fourth-order valence-electron chi connectivity index (χ4n) is 1.66. The van der Waals surface area contributed by atoms with Crippen LogP contribution in [0.25, 0.3) is 0 Å². The second-order valence-corrected chi connectivity index (χ2v) is 5.08. The molecule has 1 aromatic rings. The van der Waals surface area contributed by atoms with Gasteiger partial charge in [-0.1, -0.05) is 38.6 Å². The Morgan fingerprint density at radius 3 is 2.74 bits per heavy atom. The van der Waals surface area contributed by atoms with Crippen LogP contribution in [0.15, 0.2) is 18.2 Å².